The molecule has 0 radical (unpaired) electrons. The van der Waals surface area contributed by atoms with Crippen LogP contribution < -0.4 is 0 Å². The molecule has 0 saturated heterocycles. The molecule has 0 aliphatic rings. The first-order valence-corrected chi connectivity index (χ1v) is 6.11. The van der Waals surface area contributed by atoms with Crippen LogP contribution in [0.4, 0.5) is 11.4 Å². The molecule has 0 saturated carbocycles. The van der Waals surface area contributed by atoms with E-state index >= 15 is 0 Å². The number of benzene rings is 2. The van der Waals surface area contributed by atoms with Gasteiger partial charge in [-0.15, -0.1) is 0 Å². The van der Waals surface area contributed by atoms with Gasteiger partial charge in [0.2, 0.25) is 0 Å². The maximum absolute atomic E-state index is 10.3. The van der Waals surface area contributed by atoms with Gasteiger partial charge in [0.1, 0.15) is 0 Å². The first kappa shape index (κ1) is 16.9. The van der Waals surface area contributed by atoms with E-state index in [0.29, 0.717) is 5.56 Å². The molecule has 8 nitrogen and oxygen atoms in total. The fourth-order valence-corrected chi connectivity index (χ4v) is 1.67. The Kier molecular flexibility index (Phi) is 5.39. The minimum absolute atomic E-state index is 0.215. The Labute approximate surface area is 125 Å². The van der Waals surface area contributed by atoms with Crippen LogP contribution in [0.3, 0.4) is 0 Å². The SMILES string of the molecule is Cc1ccc([N+](=O)[O-])c(O)c1.Cc1cccc(O)c1[N+](=O)[O-]. The van der Waals surface area contributed by atoms with Crippen LogP contribution in [0.1, 0.15) is 11.1 Å². The number of nitro benzene ring substituents is 2. The fourth-order valence-electron chi connectivity index (χ4n) is 1.67. The highest BCUT2D eigenvalue weighted by Crippen LogP contribution is 2.28. The van der Waals surface area contributed by atoms with Gasteiger partial charge in [0.05, 0.1) is 9.85 Å². The van der Waals surface area contributed by atoms with E-state index in [2.05, 4.69) is 0 Å². The zero-order valence-corrected chi connectivity index (χ0v) is 11.9. The predicted molar refractivity (Wildman–Crippen MR) is 79.0 cm³/mol. The Hall–Kier alpha value is -3.16. The number of para-hydroxylation sites is 1. The summed E-state index contributed by atoms with van der Waals surface area (Å²) in [6.07, 6.45) is 0. The van der Waals surface area contributed by atoms with Gasteiger partial charge in [0, 0.05) is 11.6 Å². The number of aromatic hydroxyl groups is 2. The molecule has 0 aliphatic heterocycles. The van der Waals surface area contributed by atoms with Crippen molar-refractivity contribution in [1.82, 2.24) is 0 Å². The number of phenolic OH excluding ortho intramolecular Hbond substituents is 2. The number of nitro groups is 2. The molecule has 0 aromatic heterocycles. The van der Waals surface area contributed by atoms with Crippen molar-refractivity contribution in [2.24, 2.45) is 0 Å². The summed E-state index contributed by atoms with van der Waals surface area (Å²) in [5, 5.41) is 38.5. The van der Waals surface area contributed by atoms with E-state index in [-0.39, 0.29) is 22.9 Å². The number of rotatable bonds is 2. The van der Waals surface area contributed by atoms with Crippen molar-refractivity contribution in [1.29, 1.82) is 0 Å². The van der Waals surface area contributed by atoms with Crippen LogP contribution in [0.5, 0.6) is 11.5 Å². The molecule has 0 bridgehead atoms. The second-order valence-electron chi connectivity index (χ2n) is 4.45. The highest BCUT2D eigenvalue weighted by molar-refractivity contribution is 5.50. The molecule has 2 rings (SSSR count). The molecule has 116 valence electrons. The molecule has 0 fully saturated rings. The van der Waals surface area contributed by atoms with Crippen molar-refractivity contribution in [3.05, 3.63) is 67.8 Å². The Morgan fingerprint density at radius 1 is 0.909 bits per heavy atom. The van der Waals surface area contributed by atoms with E-state index in [1.54, 1.807) is 32.0 Å². The first-order valence-electron chi connectivity index (χ1n) is 6.11. The van der Waals surface area contributed by atoms with Crippen molar-refractivity contribution in [2.75, 3.05) is 0 Å². The Bertz CT molecular complexity index is 694. The van der Waals surface area contributed by atoms with Gasteiger partial charge in [-0.2, -0.15) is 0 Å². The summed E-state index contributed by atoms with van der Waals surface area (Å²) < 4.78 is 0. The standard InChI is InChI=1S/2C7H7NO3/c1-5-2-3-6(8(10)11)7(9)4-5;1-5-3-2-4-6(9)7(5)8(10)11/h2*2-4,9H,1H3. The molecular formula is C14H14N2O6. The van der Waals surface area contributed by atoms with E-state index in [9.17, 15) is 20.2 Å². The number of phenols is 2. The second kappa shape index (κ2) is 7.02. The number of hydrogen-bond donors (Lipinski definition) is 2. The zero-order valence-electron chi connectivity index (χ0n) is 11.9. The van der Waals surface area contributed by atoms with Gasteiger partial charge in [-0.1, -0.05) is 18.2 Å². The lowest BCUT2D eigenvalue weighted by Crippen LogP contribution is -1.91. The van der Waals surface area contributed by atoms with Crippen LogP contribution in [0.15, 0.2) is 36.4 Å². The Morgan fingerprint density at radius 3 is 1.95 bits per heavy atom. The van der Waals surface area contributed by atoms with Gasteiger partial charge < -0.3 is 10.2 Å². The van der Waals surface area contributed by atoms with Crippen molar-refractivity contribution in [2.45, 2.75) is 13.8 Å². The van der Waals surface area contributed by atoms with Gasteiger partial charge in [0.25, 0.3) is 0 Å². The number of nitrogens with zero attached hydrogens (tertiary/aromatic N) is 2. The molecule has 0 atom stereocenters. The highest BCUT2D eigenvalue weighted by atomic mass is 16.6. The molecule has 0 aliphatic carbocycles. The second-order valence-corrected chi connectivity index (χ2v) is 4.45. The Morgan fingerprint density at radius 2 is 1.55 bits per heavy atom. The fraction of sp³-hybridized carbons (Fsp3) is 0.143. The van der Waals surface area contributed by atoms with Crippen LogP contribution >= 0.6 is 0 Å². The summed E-state index contributed by atoms with van der Waals surface area (Å²) in [6, 6.07) is 8.67. The first-order chi connectivity index (χ1) is 10.2. The van der Waals surface area contributed by atoms with E-state index in [0.717, 1.165) is 5.56 Å². The maximum Gasteiger partial charge on any atom is 0.313 e. The lowest BCUT2D eigenvalue weighted by atomic mass is 10.2. The topological polar surface area (TPSA) is 127 Å². The van der Waals surface area contributed by atoms with Crippen LogP contribution in [-0.4, -0.2) is 20.1 Å². The van der Waals surface area contributed by atoms with Crippen molar-refractivity contribution in [3.8, 4) is 11.5 Å². The van der Waals surface area contributed by atoms with Gasteiger partial charge in [-0.25, -0.2) is 0 Å². The molecule has 0 heterocycles. The summed E-state index contributed by atoms with van der Waals surface area (Å²) in [5.74, 6) is -0.565. The minimum Gasteiger partial charge on any atom is -0.502 e. The zero-order chi connectivity index (χ0) is 16.9. The van der Waals surface area contributed by atoms with Gasteiger partial charge in [-0.3, -0.25) is 20.2 Å². The molecule has 0 spiro atoms. The van der Waals surface area contributed by atoms with E-state index in [4.69, 9.17) is 10.2 Å². The van der Waals surface area contributed by atoms with Crippen LogP contribution in [0.2, 0.25) is 0 Å². The van der Waals surface area contributed by atoms with Gasteiger partial charge >= 0.3 is 11.4 Å². The van der Waals surface area contributed by atoms with Gasteiger partial charge in [0.15, 0.2) is 11.5 Å². The van der Waals surface area contributed by atoms with E-state index < -0.39 is 9.85 Å². The third-order valence-electron chi connectivity index (χ3n) is 2.73. The number of hydrogen-bond acceptors (Lipinski definition) is 6. The third kappa shape index (κ3) is 4.17. The van der Waals surface area contributed by atoms with Crippen LogP contribution in [-0.2, 0) is 0 Å². The molecule has 0 amide bonds. The quantitative estimate of drug-likeness (QED) is 0.647. The van der Waals surface area contributed by atoms with Crippen molar-refractivity contribution >= 4 is 11.4 Å². The van der Waals surface area contributed by atoms with Crippen LogP contribution in [0, 0.1) is 34.1 Å². The van der Waals surface area contributed by atoms with E-state index in [1.165, 1.54) is 18.2 Å². The lowest BCUT2D eigenvalue weighted by Gasteiger charge is -1.97. The average Bonchev–Trinajstić information content (AvgIpc) is 2.38. The maximum atomic E-state index is 10.3. The van der Waals surface area contributed by atoms with Gasteiger partial charge in [-0.05, 0) is 31.5 Å². The molecule has 0 unspecified atom stereocenters. The predicted octanol–water partition coefficient (Wildman–Crippen LogP) is 3.22. The Balaban J connectivity index is 0.000000220. The minimum atomic E-state index is -0.616. The summed E-state index contributed by atoms with van der Waals surface area (Å²) in [7, 11) is 0. The summed E-state index contributed by atoms with van der Waals surface area (Å²) in [4.78, 5) is 19.3. The summed E-state index contributed by atoms with van der Waals surface area (Å²) >= 11 is 0. The molecule has 22 heavy (non-hydrogen) atoms. The van der Waals surface area contributed by atoms with Crippen molar-refractivity contribution < 1.29 is 20.1 Å². The summed E-state index contributed by atoms with van der Waals surface area (Å²) in [6.45, 7) is 3.33. The van der Waals surface area contributed by atoms with E-state index in [1.807, 2.05) is 0 Å². The normalized spacial score (nSPS) is 9.55. The van der Waals surface area contributed by atoms with Crippen LogP contribution in [0.25, 0.3) is 0 Å². The largest absolute Gasteiger partial charge is 0.502 e. The molecule has 8 heteroatoms. The molecule has 2 aromatic rings. The third-order valence-corrected chi connectivity index (χ3v) is 2.73. The molecule has 2 aromatic carbocycles. The smallest absolute Gasteiger partial charge is 0.313 e. The monoisotopic (exact) mass is 306 g/mol. The van der Waals surface area contributed by atoms with Crippen molar-refractivity contribution in [3.63, 3.8) is 0 Å². The molecular weight excluding hydrogens is 292 g/mol. The number of aryl methyl sites for hydroxylation is 2. The summed E-state index contributed by atoms with van der Waals surface area (Å²) in [5.41, 5.74) is 0.797. The molecule has 2 N–H and O–H groups in total. The lowest BCUT2D eigenvalue weighted by molar-refractivity contribution is -0.386. The average molecular weight is 306 g/mol. The highest BCUT2D eigenvalue weighted by Gasteiger charge is 2.14.